The van der Waals surface area contributed by atoms with Gasteiger partial charge in [-0.2, -0.15) is 9.83 Å². The van der Waals surface area contributed by atoms with Gasteiger partial charge in [0.05, 0.1) is 18.0 Å². The average Bonchev–Trinajstić information content (AvgIpc) is 3.18. The molecule has 26 heavy (non-hydrogen) atoms. The highest BCUT2D eigenvalue weighted by Crippen LogP contribution is 2.13. The number of esters is 1. The minimum Gasteiger partial charge on any atom is -0.619 e. The highest BCUT2D eigenvalue weighted by atomic mass is 16.5. The molecule has 0 radical (unpaired) electrons. The molecule has 0 saturated heterocycles. The van der Waals surface area contributed by atoms with E-state index in [0.717, 1.165) is 0 Å². The molecular weight excluding hydrogens is 338 g/mol. The molecule has 1 N–H and O–H groups in total. The number of hydrogen-bond acceptors (Lipinski definition) is 6. The number of carbonyl (C=O) groups excluding carboxylic acids is 2. The second-order valence-electron chi connectivity index (χ2n) is 5.08. The van der Waals surface area contributed by atoms with Gasteiger partial charge in [-0.15, -0.1) is 0 Å². The van der Waals surface area contributed by atoms with Crippen LogP contribution < -0.4 is 14.9 Å². The van der Waals surface area contributed by atoms with Crippen molar-refractivity contribution in [1.29, 1.82) is 0 Å². The van der Waals surface area contributed by atoms with Gasteiger partial charge in [-0.25, -0.2) is 10.2 Å². The molecule has 0 spiro atoms. The van der Waals surface area contributed by atoms with Gasteiger partial charge >= 0.3 is 5.97 Å². The van der Waals surface area contributed by atoms with Gasteiger partial charge in [0.2, 0.25) is 5.76 Å². The second-order valence-corrected chi connectivity index (χ2v) is 5.08. The van der Waals surface area contributed by atoms with Crippen LogP contribution >= 0.6 is 0 Å². The third kappa shape index (κ3) is 4.32. The monoisotopic (exact) mass is 351 g/mol. The highest BCUT2D eigenvalue weighted by Gasteiger charge is 2.11. The predicted molar refractivity (Wildman–Crippen MR) is 90.6 cm³/mol. The highest BCUT2D eigenvalue weighted by molar-refractivity contribution is 5.94. The van der Waals surface area contributed by atoms with E-state index in [0.29, 0.717) is 21.6 Å². The Morgan fingerprint density at radius 3 is 2.50 bits per heavy atom. The Morgan fingerprint density at radius 2 is 1.85 bits per heavy atom. The molecule has 8 heteroatoms. The van der Waals surface area contributed by atoms with Crippen molar-refractivity contribution in [3.05, 3.63) is 89.3 Å². The van der Waals surface area contributed by atoms with Crippen molar-refractivity contribution in [2.24, 2.45) is 5.10 Å². The first kappa shape index (κ1) is 16.9. The molecule has 0 aliphatic heterocycles. The standard InChI is InChI=1S/C18H13N3O5/c22-17(14-7-9-21(24)10-8-14)20-19-12-13-3-5-15(6-4-13)26-18(23)16-2-1-11-25-16/h1-12H,(H,20,22)/b19-12-. The lowest BCUT2D eigenvalue weighted by Gasteiger charge is -2.02. The molecule has 1 amide bonds. The Morgan fingerprint density at radius 1 is 1.12 bits per heavy atom. The van der Waals surface area contributed by atoms with Crippen molar-refractivity contribution in [2.45, 2.75) is 0 Å². The second kappa shape index (κ2) is 7.75. The van der Waals surface area contributed by atoms with E-state index in [-0.39, 0.29) is 5.76 Å². The molecule has 0 atom stereocenters. The molecule has 0 fully saturated rings. The Bertz CT molecular complexity index is 916. The minimum absolute atomic E-state index is 0.113. The number of benzene rings is 1. The van der Waals surface area contributed by atoms with Crippen LogP contribution in [-0.4, -0.2) is 18.1 Å². The van der Waals surface area contributed by atoms with Gasteiger partial charge < -0.3 is 14.4 Å². The Kier molecular flexibility index (Phi) is 5.04. The predicted octanol–water partition coefficient (Wildman–Crippen LogP) is 1.90. The summed E-state index contributed by atoms with van der Waals surface area (Å²) in [5, 5.41) is 14.8. The number of carbonyl (C=O) groups is 2. The number of pyridine rings is 1. The van der Waals surface area contributed by atoms with Crippen molar-refractivity contribution >= 4 is 18.1 Å². The molecule has 2 heterocycles. The number of hydrogen-bond donors (Lipinski definition) is 1. The normalized spacial score (nSPS) is 10.6. The van der Waals surface area contributed by atoms with E-state index in [1.54, 1.807) is 30.3 Å². The lowest BCUT2D eigenvalue weighted by Crippen LogP contribution is -2.26. The largest absolute Gasteiger partial charge is 0.619 e. The van der Waals surface area contributed by atoms with E-state index >= 15 is 0 Å². The topological polar surface area (TPSA) is 108 Å². The SMILES string of the molecule is O=C(N/N=C\c1ccc(OC(=O)c2ccco2)cc1)c1cc[n+]([O-])cc1. The van der Waals surface area contributed by atoms with E-state index in [1.165, 1.54) is 43.1 Å². The number of furan rings is 1. The van der Waals surface area contributed by atoms with E-state index in [2.05, 4.69) is 10.5 Å². The number of aromatic nitrogens is 1. The molecule has 1 aromatic carbocycles. The van der Waals surface area contributed by atoms with Gasteiger partial charge in [0.15, 0.2) is 12.4 Å². The van der Waals surface area contributed by atoms with Crippen molar-refractivity contribution in [2.75, 3.05) is 0 Å². The van der Waals surface area contributed by atoms with E-state index in [1.807, 2.05) is 0 Å². The molecular formula is C18H13N3O5. The first-order valence-corrected chi connectivity index (χ1v) is 7.50. The summed E-state index contributed by atoms with van der Waals surface area (Å²) in [4.78, 5) is 23.6. The maximum absolute atomic E-state index is 11.8. The summed E-state index contributed by atoms with van der Waals surface area (Å²) in [5.41, 5.74) is 3.36. The van der Waals surface area contributed by atoms with Crippen molar-refractivity contribution in [3.8, 4) is 5.75 Å². The molecule has 0 saturated carbocycles. The summed E-state index contributed by atoms with van der Waals surface area (Å²) in [7, 11) is 0. The summed E-state index contributed by atoms with van der Waals surface area (Å²) in [6, 6.07) is 12.4. The number of nitrogens with one attached hydrogen (secondary N) is 1. The fraction of sp³-hybridized carbons (Fsp3) is 0. The Balaban J connectivity index is 1.55. The van der Waals surface area contributed by atoms with Gasteiger partial charge in [0.1, 0.15) is 5.75 Å². The van der Waals surface area contributed by atoms with Crippen molar-refractivity contribution < 1.29 is 23.5 Å². The summed E-state index contributed by atoms with van der Waals surface area (Å²) < 4.78 is 10.7. The molecule has 8 nitrogen and oxygen atoms in total. The van der Waals surface area contributed by atoms with Crippen LogP contribution in [-0.2, 0) is 0 Å². The van der Waals surface area contributed by atoms with Gasteiger partial charge in [0.25, 0.3) is 5.91 Å². The zero-order chi connectivity index (χ0) is 18.4. The van der Waals surface area contributed by atoms with Gasteiger partial charge in [-0.3, -0.25) is 4.79 Å². The molecule has 3 aromatic rings. The maximum atomic E-state index is 11.8. The lowest BCUT2D eigenvalue weighted by atomic mass is 10.2. The van der Waals surface area contributed by atoms with Gasteiger partial charge in [-0.05, 0) is 42.0 Å². The minimum atomic E-state index is -0.592. The van der Waals surface area contributed by atoms with Crippen molar-refractivity contribution in [1.82, 2.24) is 5.43 Å². The van der Waals surface area contributed by atoms with Crippen LogP contribution in [0.25, 0.3) is 0 Å². The van der Waals surface area contributed by atoms with Crippen LogP contribution in [0, 0.1) is 5.21 Å². The van der Waals surface area contributed by atoms with Crippen molar-refractivity contribution in [3.63, 3.8) is 0 Å². The Labute approximate surface area is 147 Å². The van der Waals surface area contributed by atoms with Crippen LogP contribution in [0.15, 0.2) is 76.7 Å². The number of amides is 1. The van der Waals surface area contributed by atoms with Crippen LogP contribution in [0.5, 0.6) is 5.75 Å². The zero-order valence-electron chi connectivity index (χ0n) is 13.4. The number of ether oxygens (including phenoxy) is 1. The van der Waals surface area contributed by atoms with Crippen LogP contribution in [0.1, 0.15) is 26.5 Å². The first-order chi connectivity index (χ1) is 12.6. The van der Waals surface area contributed by atoms with E-state index in [4.69, 9.17) is 9.15 Å². The van der Waals surface area contributed by atoms with E-state index < -0.39 is 11.9 Å². The Hall–Kier alpha value is -3.94. The fourth-order valence-electron chi connectivity index (χ4n) is 1.97. The number of nitrogens with zero attached hydrogens (tertiary/aromatic N) is 2. The summed E-state index contributed by atoms with van der Waals surface area (Å²) in [6.07, 6.45) is 5.27. The molecule has 2 aromatic heterocycles. The zero-order valence-corrected chi connectivity index (χ0v) is 13.4. The average molecular weight is 351 g/mol. The third-order valence-electron chi connectivity index (χ3n) is 3.26. The molecule has 0 unspecified atom stereocenters. The van der Waals surface area contributed by atoms with E-state index in [9.17, 15) is 14.8 Å². The molecule has 0 aliphatic carbocycles. The first-order valence-electron chi connectivity index (χ1n) is 7.50. The van der Waals surface area contributed by atoms with Gasteiger partial charge in [0, 0.05) is 12.1 Å². The lowest BCUT2D eigenvalue weighted by molar-refractivity contribution is -0.605. The maximum Gasteiger partial charge on any atom is 0.379 e. The molecule has 130 valence electrons. The fourth-order valence-corrected chi connectivity index (χ4v) is 1.97. The summed E-state index contributed by atoms with van der Waals surface area (Å²) in [5.74, 6) is -0.568. The molecule has 0 bridgehead atoms. The summed E-state index contributed by atoms with van der Waals surface area (Å²) in [6.45, 7) is 0. The summed E-state index contributed by atoms with van der Waals surface area (Å²) >= 11 is 0. The third-order valence-corrected chi connectivity index (χ3v) is 3.26. The molecule has 0 aliphatic rings. The molecule has 3 rings (SSSR count). The van der Waals surface area contributed by atoms with Crippen LogP contribution in [0.4, 0.5) is 0 Å². The quantitative estimate of drug-likeness (QED) is 0.189. The van der Waals surface area contributed by atoms with Crippen LogP contribution in [0.3, 0.4) is 0 Å². The number of hydrazone groups is 1. The van der Waals surface area contributed by atoms with Gasteiger partial charge in [-0.1, -0.05) is 0 Å². The smallest absolute Gasteiger partial charge is 0.379 e. The number of rotatable bonds is 5. The van der Waals surface area contributed by atoms with Crippen LogP contribution in [0.2, 0.25) is 0 Å².